The zero-order valence-electron chi connectivity index (χ0n) is 7.65. The number of hydrogen-bond donors (Lipinski definition) is 1. The number of thiophene rings is 1. The molecule has 15 heavy (non-hydrogen) atoms. The molecule has 1 amide bonds. The largest absolute Gasteiger partial charge is 0.296 e. The minimum atomic E-state index is -0.148. The fourth-order valence-corrected chi connectivity index (χ4v) is 2.83. The van der Waals surface area contributed by atoms with Gasteiger partial charge >= 0.3 is 0 Å². The second kappa shape index (κ2) is 4.38. The molecule has 2 rings (SSSR count). The Morgan fingerprint density at radius 1 is 1.60 bits per heavy atom. The zero-order valence-corrected chi connectivity index (χ0v) is 10.9. The van der Waals surface area contributed by atoms with Crippen LogP contribution in [0.2, 0.25) is 0 Å². The van der Waals surface area contributed by atoms with Gasteiger partial charge in [-0.1, -0.05) is 11.3 Å². The Morgan fingerprint density at radius 2 is 2.40 bits per heavy atom. The molecule has 0 fully saturated rings. The van der Waals surface area contributed by atoms with Gasteiger partial charge in [0, 0.05) is 0 Å². The Hall–Kier alpha value is -0.790. The first-order chi connectivity index (χ1) is 7.16. The number of rotatable bonds is 2. The number of halogens is 1. The van der Waals surface area contributed by atoms with Crippen molar-refractivity contribution >= 4 is 49.6 Å². The van der Waals surface area contributed by atoms with E-state index in [1.807, 2.05) is 13.0 Å². The van der Waals surface area contributed by atoms with Crippen LogP contribution in [0.5, 0.6) is 0 Å². The van der Waals surface area contributed by atoms with E-state index in [1.165, 1.54) is 22.7 Å². The Bertz CT molecular complexity index is 461. The molecule has 0 spiro atoms. The molecule has 2 heterocycles. The van der Waals surface area contributed by atoms with E-state index in [0.717, 1.165) is 9.35 Å². The van der Waals surface area contributed by atoms with Crippen LogP contribution in [0.1, 0.15) is 15.2 Å². The Labute approximate surface area is 102 Å². The summed E-state index contributed by atoms with van der Waals surface area (Å²) in [5.74, 6) is -0.148. The van der Waals surface area contributed by atoms with Gasteiger partial charge < -0.3 is 0 Å². The number of carbonyl (C=O) groups excluding carboxylic acids is 1. The standard InChI is InChI=1S/C8H6BrN3OS2/c1-4-2-5(15-6(4)9)7(13)11-8-12-10-3-14-8/h2-3H,1H3,(H,11,12,13). The lowest BCUT2D eigenvalue weighted by Gasteiger charge is -1.95. The van der Waals surface area contributed by atoms with Crippen LogP contribution < -0.4 is 5.32 Å². The smallest absolute Gasteiger partial charge is 0.267 e. The molecule has 4 nitrogen and oxygen atoms in total. The van der Waals surface area contributed by atoms with E-state index in [2.05, 4.69) is 31.4 Å². The minimum Gasteiger partial charge on any atom is -0.296 e. The molecule has 78 valence electrons. The predicted molar refractivity (Wildman–Crippen MR) is 64.6 cm³/mol. The molecule has 0 bridgehead atoms. The van der Waals surface area contributed by atoms with Crippen molar-refractivity contribution in [1.82, 2.24) is 10.2 Å². The highest BCUT2D eigenvalue weighted by Gasteiger charge is 2.12. The van der Waals surface area contributed by atoms with Gasteiger partial charge in [-0.15, -0.1) is 21.5 Å². The summed E-state index contributed by atoms with van der Waals surface area (Å²) in [6, 6.07) is 1.84. The minimum absolute atomic E-state index is 0.148. The number of nitrogens with one attached hydrogen (secondary N) is 1. The van der Waals surface area contributed by atoms with Gasteiger partial charge in [0.1, 0.15) is 5.51 Å². The average Bonchev–Trinajstić information content (AvgIpc) is 2.78. The summed E-state index contributed by atoms with van der Waals surface area (Å²) in [6.45, 7) is 1.95. The molecule has 2 aromatic rings. The molecule has 0 aromatic carbocycles. The number of carbonyl (C=O) groups is 1. The van der Waals surface area contributed by atoms with Crippen molar-refractivity contribution in [2.24, 2.45) is 0 Å². The van der Waals surface area contributed by atoms with Crippen molar-refractivity contribution in [3.8, 4) is 0 Å². The quantitative estimate of drug-likeness (QED) is 0.928. The zero-order chi connectivity index (χ0) is 10.8. The lowest BCUT2D eigenvalue weighted by molar-refractivity contribution is 0.103. The highest BCUT2D eigenvalue weighted by molar-refractivity contribution is 9.11. The highest BCUT2D eigenvalue weighted by atomic mass is 79.9. The Balaban J connectivity index is 2.15. The fourth-order valence-electron chi connectivity index (χ4n) is 0.958. The summed E-state index contributed by atoms with van der Waals surface area (Å²) < 4.78 is 0.977. The normalized spacial score (nSPS) is 10.3. The topological polar surface area (TPSA) is 54.9 Å². The molecular weight excluding hydrogens is 298 g/mol. The van der Waals surface area contributed by atoms with E-state index >= 15 is 0 Å². The molecular formula is C8H6BrN3OS2. The molecule has 0 unspecified atom stereocenters. The van der Waals surface area contributed by atoms with Crippen molar-refractivity contribution in [1.29, 1.82) is 0 Å². The van der Waals surface area contributed by atoms with Crippen LogP contribution in [0, 0.1) is 6.92 Å². The molecule has 7 heteroatoms. The molecule has 0 aliphatic heterocycles. The average molecular weight is 304 g/mol. The molecule has 0 atom stereocenters. The monoisotopic (exact) mass is 303 g/mol. The fraction of sp³-hybridized carbons (Fsp3) is 0.125. The predicted octanol–water partition coefficient (Wildman–Crippen LogP) is 2.92. The maximum atomic E-state index is 11.7. The number of anilines is 1. The number of nitrogens with zero attached hydrogens (tertiary/aromatic N) is 2. The summed E-state index contributed by atoms with van der Waals surface area (Å²) in [6.07, 6.45) is 0. The molecule has 0 saturated carbocycles. The third-order valence-corrected chi connectivity index (χ3v) is 4.40. The van der Waals surface area contributed by atoms with Gasteiger partial charge in [0.15, 0.2) is 0 Å². The third-order valence-electron chi connectivity index (χ3n) is 1.66. The Kier molecular flexibility index (Phi) is 3.13. The maximum Gasteiger partial charge on any atom is 0.267 e. The first-order valence-corrected chi connectivity index (χ1v) is 6.49. The number of aromatic nitrogens is 2. The van der Waals surface area contributed by atoms with Crippen molar-refractivity contribution in [3.63, 3.8) is 0 Å². The van der Waals surface area contributed by atoms with E-state index in [0.29, 0.717) is 10.0 Å². The molecule has 0 aliphatic rings. The van der Waals surface area contributed by atoms with Gasteiger partial charge in [-0.3, -0.25) is 10.1 Å². The summed E-state index contributed by atoms with van der Waals surface area (Å²) in [5, 5.41) is 10.6. The van der Waals surface area contributed by atoms with E-state index in [9.17, 15) is 4.79 Å². The van der Waals surface area contributed by atoms with Crippen LogP contribution >= 0.6 is 38.6 Å². The lowest BCUT2D eigenvalue weighted by Crippen LogP contribution is -2.09. The van der Waals surface area contributed by atoms with E-state index in [-0.39, 0.29) is 5.91 Å². The first kappa shape index (κ1) is 10.7. The molecule has 1 N–H and O–H groups in total. The van der Waals surface area contributed by atoms with E-state index in [4.69, 9.17) is 0 Å². The van der Waals surface area contributed by atoms with Crippen LogP contribution in [-0.4, -0.2) is 16.1 Å². The van der Waals surface area contributed by atoms with Gasteiger partial charge in [0.05, 0.1) is 8.66 Å². The second-order valence-corrected chi connectivity index (χ2v) is 5.97. The molecule has 2 aromatic heterocycles. The maximum absolute atomic E-state index is 11.7. The summed E-state index contributed by atoms with van der Waals surface area (Å²) >= 11 is 6.08. The van der Waals surface area contributed by atoms with Crippen LogP contribution in [0.25, 0.3) is 0 Å². The van der Waals surface area contributed by atoms with E-state index < -0.39 is 0 Å². The molecule has 0 aliphatic carbocycles. The van der Waals surface area contributed by atoms with Crippen LogP contribution in [-0.2, 0) is 0 Å². The van der Waals surface area contributed by atoms with E-state index in [1.54, 1.807) is 5.51 Å². The number of amides is 1. The van der Waals surface area contributed by atoms with Gasteiger partial charge in [0.25, 0.3) is 5.91 Å². The summed E-state index contributed by atoms with van der Waals surface area (Å²) in [7, 11) is 0. The van der Waals surface area contributed by atoms with Crippen LogP contribution in [0.15, 0.2) is 15.4 Å². The van der Waals surface area contributed by atoms with Crippen LogP contribution in [0.4, 0.5) is 5.13 Å². The highest BCUT2D eigenvalue weighted by Crippen LogP contribution is 2.27. The lowest BCUT2D eigenvalue weighted by atomic mass is 10.3. The molecule has 0 saturated heterocycles. The van der Waals surface area contributed by atoms with Gasteiger partial charge in [-0.2, -0.15) is 0 Å². The summed E-state index contributed by atoms with van der Waals surface area (Å²) in [5.41, 5.74) is 2.63. The van der Waals surface area contributed by atoms with Gasteiger partial charge in [0.2, 0.25) is 5.13 Å². The SMILES string of the molecule is Cc1cc(C(=O)Nc2nncs2)sc1Br. The van der Waals surface area contributed by atoms with Gasteiger partial charge in [-0.05, 0) is 34.5 Å². The molecule has 0 radical (unpaired) electrons. The van der Waals surface area contributed by atoms with Crippen molar-refractivity contribution in [2.45, 2.75) is 6.92 Å². The van der Waals surface area contributed by atoms with Crippen molar-refractivity contribution in [2.75, 3.05) is 5.32 Å². The third kappa shape index (κ3) is 2.42. The number of aryl methyl sites for hydroxylation is 1. The summed E-state index contributed by atoms with van der Waals surface area (Å²) in [4.78, 5) is 12.4. The Morgan fingerprint density at radius 3 is 2.93 bits per heavy atom. The first-order valence-electron chi connectivity index (χ1n) is 4.00. The van der Waals surface area contributed by atoms with Gasteiger partial charge in [-0.25, -0.2) is 0 Å². The van der Waals surface area contributed by atoms with Crippen molar-refractivity contribution < 1.29 is 4.79 Å². The van der Waals surface area contributed by atoms with Crippen LogP contribution in [0.3, 0.4) is 0 Å². The number of hydrogen-bond acceptors (Lipinski definition) is 5. The van der Waals surface area contributed by atoms with Crippen molar-refractivity contribution in [3.05, 3.63) is 25.8 Å². The second-order valence-electron chi connectivity index (χ2n) is 2.77.